The second kappa shape index (κ2) is 11.5. The summed E-state index contributed by atoms with van der Waals surface area (Å²) in [6, 6.07) is 9.60. The summed E-state index contributed by atoms with van der Waals surface area (Å²) >= 11 is 0. The molecule has 0 radical (unpaired) electrons. The van der Waals surface area contributed by atoms with Crippen LogP contribution in [0.4, 0.5) is 5.69 Å². The Hall–Kier alpha value is -3.95. The number of methoxy groups -OCH3 is 5. The monoisotopic (exact) mass is 486 g/mol. The highest BCUT2D eigenvalue weighted by atomic mass is 16.5. The van der Waals surface area contributed by atoms with Gasteiger partial charge in [-0.2, -0.15) is 0 Å². The van der Waals surface area contributed by atoms with E-state index in [1.807, 2.05) is 0 Å². The minimum atomic E-state index is -0.681. The molecule has 2 atom stereocenters. The first-order chi connectivity index (χ1) is 16.8. The fourth-order valence-electron chi connectivity index (χ4n) is 3.99. The molecule has 2 aromatic carbocycles. The van der Waals surface area contributed by atoms with E-state index in [0.29, 0.717) is 34.2 Å². The number of esters is 1. The maximum Gasteiger partial charge on any atom is 0.307 e. The number of benzene rings is 2. The van der Waals surface area contributed by atoms with Gasteiger partial charge in [0.15, 0.2) is 23.0 Å². The smallest absolute Gasteiger partial charge is 0.307 e. The molecule has 3 rings (SSSR count). The summed E-state index contributed by atoms with van der Waals surface area (Å²) in [6.45, 7) is 0.191. The molecule has 10 nitrogen and oxygen atoms in total. The van der Waals surface area contributed by atoms with E-state index in [4.69, 9.17) is 23.7 Å². The first-order valence-corrected chi connectivity index (χ1v) is 11.0. The van der Waals surface area contributed by atoms with Gasteiger partial charge in [-0.25, -0.2) is 0 Å². The Kier molecular flexibility index (Phi) is 8.40. The van der Waals surface area contributed by atoms with E-state index in [1.165, 1.54) is 40.4 Å². The number of rotatable bonds is 10. The van der Waals surface area contributed by atoms with Gasteiger partial charge in [0.1, 0.15) is 0 Å². The van der Waals surface area contributed by atoms with E-state index in [1.54, 1.807) is 36.4 Å². The number of carbonyl (C=O) groups excluding carboxylic acids is 3. The highest BCUT2D eigenvalue weighted by Gasteiger charge is 2.36. The highest BCUT2D eigenvalue weighted by Crippen LogP contribution is 2.35. The van der Waals surface area contributed by atoms with E-state index in [-0.39, 0.29) is 31.2 Å². The van der Waals surface area contributed by atoms with E-state index < -0.39 is 17.9 Å². The third-order valence-corrected chi connectivity index (χ3v) is 5.90. The zero-order valence-corrected chi connectivity index (χ0v) is 20.5. The van der Waals surface area contributed by atoms with Crippen molar-refractivity contribution in [2.24, 2.45) is 5.92 Å². The van der Waals surface area contributed by atoms with Crippen LogP contribution in [0.5, 0.6) is 23.0 Å². The van der Waals surface area contributed by atoms with Gasteiger partial charge in [0.2, 0.25) is 11.8 Å². The molecule has 35 heavy (non-hydrogen) atoms. The lowest BCUT2D eigenvalue weighted by molar-refractivity contribution is -0.141. The number of ether oxygens (including phenoxy) is 5. The molecular formula is C25H30N2O8. The topological polar surface area (TPSA) is 113 Å². The van der Waals surface area contributed by atoms with Gasteiger partial charge in [0.05, 0.1) is 53.9 Å². The van der Waals surface area contributed by atoms with Crippen LogP contribution in [0.2, 0.25) is 0 Å². The van der Waals surface area contributed by atoms with Gasteiger partial charge >= 0.3 is 5.97 Å². The number of nitrogens with zero attached hydrogens (tertiary/aromatic N) is 1. The van der Waals surface area contributed by atoms with Crippen molar-refractivity contribution in [3.05, 3.63) is 42.0 Å². The molecule has 1 aliphatic rings. The molecule has 2 aromatic rings. The molecule has 1 aliphatic heterocycles. The lowest BCUT2D eigenvalue weighted by atomic mass is 10.0. The Labute approximate surface area is 204 Å². The lowest BCUT2D eigenvalue weighted by Crippen LogP contribution is -2.36. The quantitative estimate of drug-likeness (QED) is 0.510. The summed E-state index contributed by atoms with van der Waals surface area (Å²) in [5.74, 6) is 0.389. The Balaban J connectivity index is 1.79. The van der Waals surface area contributed by atoms with Crippen LogP contribution in [0.15, 0.2) is 36.4 Å². The lowest BCUT2D eigenvalue weighted by Gasteiger charge is -2.22. The Morgan fingerprint density at radius 1 is 0.914 bits per heavy atom. The number of nitrogens with one attached hydrogen (secondary N) is 1. The van der Waals surface area contributed by atoms with Crippen LogP contribution >= 0.6 is 0 Å². The van der Waals surface area contributed by atoms with Gasteiger partial charge in [-0.3, -0.25) is 14.4 Å². The molecule has 2 amide bonds. The maximum atomic E-state index is 13.2. The largest absolute Gasteiger partial charge is 0.493 e. The van der Waals surface area contributed by atoms with Crippen molar-refractivity contribution in [1.29, 1.82) is 0 Å². The van der Waals surface area contributed by atoms with Crippen LogP contribution in [0.1, 0.15) is 24.4 Å². The van der Waals surface area contributed by atoms with Gasteiger partial charge in [0, 0.05) is 24.7 Å². The Bertz CT molecular complexity index is 1090. The predicted molar refractivity (Wildman–Crippen MR) is 127 cm³/mol. The van der Waals surface area contributed by atoms with Gasteiger partial charge < -0.3 is 33.9 Å². The first-order valence-electron chi connectivity index (χ1n) is 11.0. The average Bonchev–Trinajstić information content (AvgIpc) is 3.28. The number of anilines is 1. The van der Waals surface area contributed by atoms with E-state index in [9.17, 15) is 14.4 Å². The summed E-state index contributed by atoms with van der Waals surface area (Å²) < 4.78 is 26.0. The fourth-order valence-corrected chi connectivity index (χ4v) is 3.99. The Morgan fingerprint density at radius 2 is 1.51 bits per heavy atom. The summed E-state index contributed by atoms with van der Waals surface area (Å²) in [7, 11) is 7.35. The molecule has 0 aliphatic carbocycles. The van der Waals surface area contributed by atoms with Gasteiger partial charge in [-0.15, -0.1) is 0 Å². The van der Waals surface area contributed by atoms with Gasteiger partial charge in [-0.1, -0.05) is 6.07 Å². The average molecular weight is 487 g/mol. The fraction of sp³-hybridized carbons (Fsp3) is 0.400. The minimum absolute atomic E-state index is 0.0387. The van der Waals surface area contributed by atoms with Crippen molar-refractivity contribution in [3.8, 4) is 23.0 Å². The van der Waals surface area contributed by atoms with Crippen LogP contribution in [0.25, 0.3) is 0 Å². The van der Waals surface area contributed by atoms with Crippen LogP contribution < -0.4 is 29.2 Å². The predicted octanol–water partition coefficient (Wildman–Crippen LogP) is 2.49. The summed E-state index contributed by atoms with van der Waals surface area (Å²) in [5, 5.41) is 2.90. The molecule has 1 fully saturated rings. The van der Waals surface area contributed by atoms with Crippen molar-refractivity contribution in [2.45, 2.75) is 18.9 Å². The molecule has 1 N–H and O–H groups in total. The molecular weight excluding hydrogens is 456 g/mol. The third kappa shape index (κ3) is 5.76. The van der Waals surface area contributed by atoms with Crippen LogP contribution in [-0.4, -0.2) is 59.9 Å². The zero-order chi connectivity index (χ0) is 25.5. The molecule has 0 spiro atoms. The third-order valence-electron chi connectivity index (χ3n) is 5.90. The minimum Gasteiger partial charge on any atom is -0.493 e. The molecule has 10 heteroatoms. The zero-order valence-electron chi connectivity index (χ0n) is 20.5. The van der Waals surface area contributed by atoms with Crippen LogP contribution in [0, 0.1) is 5.92 Å². The summed E-state index contributed by atoms with van der Waals surface area (Å²) in [5.41, 5.74) is 1.25. The molecule has 2 unspecified atom stereocenters. The van der Waals surface area contributed by atoms with E-state index >= 15 is 0 Å². The van der Waals surface area contributed by atoms with Gasteiger partial charge in [-0.05, 0) is 29.8 Å². The van der Waals surface area contributed by atoms with Crippen molar-refractivity contribution >= 4 is 23.5 Å². The van der Waals surface area contributed by atoms with E-state index in [2.05, 4.69) is 5.32 Å². The molecule has 1 heterocycles. The standard InChI is InChI=1S/C25H30N2O8/c1-31-19-8-6-15(10-21(19)33-3)18(13-24(29)35-5)26-25(30)16-11-23(28)27(14-16)17-7-9-20(32-2)22(12-17)34-4/h6-10,12,16,18H,11,13-14H2,1-5H3,(H,26,30). The van der Waals surface area contributed by atoms with Crippen molar-refractivity contribution in [1.82, 2.24) is 5.32 Å². The molecule has 188 valence electrons. The number of carbonyl (C=O) groups is 3. The second-order valence-corrected chi connectivity index (χ2v) is 7.90. The van der Waals surface area contributed by atoms with E-state index in [0.717, 1.165) is 0 Å². The van der Waals surface area contributed by atoms with Gasteiger partial charge in [0.25, 0.3) is 0 Å². The normalized spacial score (nSPS) is 15.9. The number of hydrogen-bond acceptors (Lipinski definition) is 8. The number of hydrogen-bond donors (Lipinski definition) is 1. The number of amides is 2. The molecule has 0 aromatic heterocycles. The van der Waals surface area contributed by atoms with Crippen molar-refractivity contribution in [3.63, 3.8) is 0 Å². The Morgan fingerprint density at radius 3 is 2.11 bits per heavy atom. The van der Waals surface area contributed by atoms with Crippen LogP contribution in [0.3, 0.4) is 0 Å². The maximum absolute atomic E-state index is 13.2. The molecule has 1 saturated heterocycles. The van der Waals surface area contributed by atoms with Crippen LogP contribution in [-0.2, 0) is 19.1 Å². The van der Waals surface area contributed by atoms with Crippen molar-refractivity contribution < 1.29 is 38.1 Å². The first kappa shape index (κ1) is 25.7. The summed E-state index contributed by atoms with van der Waals surface area (Å²) in [6.07, 6.45) is -0.0468. The van der Waals surface area contributed by atoms with Crippen molar-refractivity contribution in [2.75, 3.05) is 47.0 Å². The molecule has 0 bridgehead atoms. The summed E-state index contributed by atoms with van der Waals surface area (Å²) in [4.78, 5) is 39.5. The highest BCUT2D eigenvalue weighted by molar-refractivity contribution is 6.00. The SMILES string of the molecule is COC(=O)CC(NC(=O)C1CC(=O)N(c2ccc(OC)c(OC)c2)C1)c1ccc(OC)c(OC)c1. The second-order valence-electron chi connectivity index (χ2n) is 7.90. The molecule has 0 saturated carbocycles.